The van der Waals surface area contributed by atoms with Crippen molar-refractivity contribution in [2.75, 3.05) is 0 Å². The molecule has 0 aliphatic heterocycles. The van der Waals surface area contributed by atoms with Gasteiger partial charge >= 0.3 is 0 Å². The molecule has 2 aromatic carbocycles. The lowest BCUT2D eigenvalue weighted by Crippen LogP contribution is -2.18. The molecule has 0 fully saturated rings. The molecule has 1 N–H and O–H groups in total. The van der Waals surface area contributed by atoms with Gasteiger partial charge in [-0.15, -0.1) is 10.2 Å². The highest BCUT2D eigenvalue weighted by Crippen LogP contribution is 2.34. The van der Waals surface area contributed by atoms with E-state index in [1.165, 1.54) is 0 Å². The van der Waals surface area contributed by atoms with Crippen LogP contribution in [-0.2, 0) is 6.42 Å². The van der Waals surface area contributed by atoms with Crippen LogP contribution in [0, 0.1) is 13.5 Å². The lowest BCUT2D eigenvalue weighted by molar-refractivity contribution is 0.148. The summed E-state index contributed by atoms with van der Waals surface area (Å²) in [4.78, 5) is 3.41. The van der Waals surface area contributed by atoms with E-state index >= 15 is 0 Å². The van der Waals surface area contributed by atoms with Crippen molar-refractivity contribution in [3.05, 3.63) is 74.9 Å². The molecule has 0 saturated carbocycles. The predicted octanol–water partition coefficient (Wildman–Crippen LogP) is 5.61. The van der Waals surface area contributed by atoms with Crippen LogP contribution in [-0.4, -0.2) is 21.4 Å². The van der Waals surface area contributed by atoms with E-state index in [0.29, 0.717) is 39.5 Å². The van der Waals surface area contributed by atoms with Gasteiger partial charge in [0.15, 0.2) is 0 Å². The van der Waals surface area contributed by atoms with Gasteiger partial charge in [-0.05, 0) is 49.6 Å². The van der Waals surface area contributed by atoms with Crippen molar-refractivity contribution in [3.63, 3.8) is 0 Å². The molecule has 0 radical (unpaired) electrons. The Labute approximate surface area is 167 Å². The van der Waals surface area contributed by atoms with Crippen molar-refractivity contribution in [2.45, 2.75) is 32.3 Å². The molecule has 0 bridgehead atoms. The van der Waals surface area contributed by atoms with Crippen LogP contribution in [0.2, 0.25) is 10.0 Å². The Kier molecular flexibility index (Phi) is 5.81. The van der Waals surface area contributed by atoms with E-state index in [1.807, 2.05) is 19.1 Å². The van der Waals surface area contributed by atoms with Gasteiger partial charge in [0.2, 0.25) is 17.5 Å². The summed E-state index contributed by atoms with van der Waals surface area (Å²) in [6.07, 6.45) is -0.255. The average Bonchev–Trinajstić information content (AvgIpc) is 3.12. The zero-order valence-electron chi connectivity index (χ0n) is 14.8. The number of benzene rings is 2. The Balaban J connectivity index is 1.92. The molecule has 1 heterocycles. The smallest absolute Gasteiger partial charge is 0.247 e. The van der Waals surface area contributed by atoms with Crippen LogP contribution < -0.4 is 0 Å². The van der Waals surface area contributed by atoms with E-state index < -0.39 is 12.0 Å². The van der Waals surface area contributed by atoms with Gasteiger partial charge in [0.05, 0.1) is 23.6 Å². The maximum Gasteiger partial charge on any atom is 0.247 e. The highest BCUT2D eigenvalue weighted by Gasteiger charge is 2.26. The van der Waals surface area contributed by atoms with Crippen molar-refractivity contribution in [2.24, 2.45) is 0 Å². The molecule has 0 amide bonds. The second-order valence-electron chi connectivity index (χ2n) is 6.30. The van der Waals surface area contributed by atoms with Gasteiger partial charge in [-0.25, -0.2) is 4.85 Å². The number of aliphatic hydroxyl groups is 1. The highest BCUT2D eigenvalue weighted by atomic mass is 35.5. The third-order valence-corrected chi connectivity index (χ3v) is 5.16. The van der Waals surface area contributed by atoms with Crippen LogP contribution in [0.3, 0.4) is 0 Å². The van der Waals surface area contributed by atoms with Crippen LogP contribution in [0.1, 0.15) is 29.9 Å². The lowest BCUT2D eigenvalue weighted by atomic mass is 9.92. The van der Waals surface area contributed by atoms with E-state index in [2.05, 4.69) is 15.0 Å². The van der Waals surface area contributed by atoms with Gasteiger partial charge in [-0.3, -0.25) is 0 Å². The minimum Gasteiger partial charge on any atom is -0.420 e. The van der Waals surface area contributed by atoms with Gasteiger partial charge in [0.1, 0.15) is 0 Å². The first-order valence-electron chi connectivity index (χ1n) is 8.33. The molecule has 0 unspecified atom stereocenters. The first-order valence-corrected chi connectivity index (χ1v) is 9.09. The first-order chi connectivity index (χ1) is 12.9. The Bertz CT molecular complexity index is 1010. The van der Waals surface area contributed by atoms with Gasteiger partial charge < -0.3 is 9.52 Å². The number of aliphatic hydroxyl groups excluding tert-OH is 1. The van der Waals surface area contributed by atoms with Gasteiger partial charge in [0, 0.05) is 10.6 Å². The summed E-state index contributed by atoms with van der Waals surface area (Å²) in [5.74, 6) is 0.278. The van der Waals surface area contributed by atoms with E-state index in [-0.39, 0.29) is 0 Å². The lowest BCUT2D eigenvalue weighted by Gasteiger charge is -2.18. The topological polar surface area (TPSA) is 63.5 Å². The van der Waals surface area contributed by atoms with Crippen molar-refractivity contribution >= 4 is 28.9 Å². The molecule has 3 rings (SSSR count). The molecule has 0 aliphatic rings. The average molecular weight is 402 g/mol. The van der Waals surface area contributed by atoms with E-state index in [0.717, 1.165) is 11.1 Å². The van der Waals surface area contributed by atoms with Crippen LogP contribution in [0.4, 0.5) is 5.69 Å². The van der Waals surface area contributed by atoms with Gasteiger partial charge in [0.25, 0.3) is 0 Å². The Morgan fingerprint density at radius 3 is 2.67 bits per heavy atom. The molecule has 138 valence electrons. The Hall–Kier alpha value is -2.39. The largest absolute Gasteiger partial charge is 0.420 e. The highest BCUT2D eigenvalue weighted by molar-refractivity contribution is 6.34. The molecule has 1 aromatic heterocycles. The van der Waals surface area contributed by atoms with Crippen LogP contribution in [0.25, 0.3) is 16.3 Å². The number of hydrogen-bond donors (Lipinski definition) is 1. The number of aromatic nitrogens is 2. The fourth-order valence-corrected chi connectivity index (χ4v) is 3.26. The van der Waals surface area contributed by atoms with Crippen molar-refractivity contribution < 1.29 is 9.52 Å². The molecule has 3 aromatic rings. The summed E-state index contributed by atoms with van der Waals surface area (Å²) in [7, 11) is 0. The summed E-state index contributed by atoms with van der Waals surface area (Å²) in [6, 6.07) is 10.7. The summed E-state index contributed by atoms with van der Waals surface area (Å²) in [5, 5.41) is 19.5. The summed E-state index contributed by atoms with van der Waals surface area (Å²) in [5.41, 5.74) is 2.85. The SMILES string of the molecule is [C-]#[N+]c1ccc(C[C@@H](c2nnc(-c3cccc(Cl)c3)o2)[C@H](C)O)c(C)c1Cl. The van der Waals surface area contributed by atoms with Crippen LogP contribution in [0.5, 0.6) is 0 Å². The second-order valence-corrected chi connectivity index (χ2v) is 7.12. The van der Waals surface area contributed by atoms with Crippen molar-refractivity contribution in [1.82, 2.24) is 10.2 Å². The Morgan fingerprint density at radius 2 is 2.00 bits per heavy atom. The summed E-state index contributed by atoms with van der Waals surface area (Å²) in [6.45, 7) is 10.7. The molecule has 5 nitrogen and oxygen atoms in total. The fourth-order valence-electron chi connectivity index (χ4n) is 2.84. The van der Waals surface area contributed by atoms with Crippen molar-refractivity contribution in [1.29, 1.82) is 0 Å². The number of hydrogen-bond acceptors (Lipinski definition) is 4. The zero-order valence-corrected chi connectivity index (χ0v) is 16.3. The fraction of sp³-hybridized carbons (Fsp3) is 0.250. The maximum atomic E-state index is 10.3. The van der Waals surface area contributed by atoms with Crippen LogP contribution >= 0.6 is 23.2 Å². The molecular weight excluding hydrogens is 385 g/mol. The molecule has 2 atom stereocenters. The molecule has 0 spiro atoms. The predicted molar refractivity (Wildman–Crippen MR) is 105 cm³/mol. The minimum absolute atomic E-state index is 0.338. The van der Waals surface area contributed by atoms with Gasteiger partial charge in [-0.2, -0.15) is 0 Å². The van der Waals surface area contributed by atoms with E-state index in [1.54, 1.807) is 31.2 Å². The molecule has 27 heavy (non-hydrogen) atoms. The molecular formula is C20H17Cl2N3O2. The zero-order chi connectivity index (χ0) is 19.6. The third-order valence-electron chi connectivity index (χ3n) is 4.45. The normalized spacial score (nSPS) is 13.2. The summed E-state index contributed by atoms with van der Waals surface area (Å²) < 4.78 is 5.81. The first kappa shape index (κ1) is 19.4. The number of halogens is 2. The van der Waals surface area contributed by atoms with Gasteiger partial charge in [-0.1, -0.05) is 41.4 Å². The van der Waals surface area contributed by atoms with Crippen molar-refractivity contribution in [3.8, 4) is 11.5 Å². The monoisotopic (exact) mass is 401 g/mol. The van der Waals surface area contributed by atoms with E-state index in [9.17, 15) is 5.11 Å². The second kappa shape index (κ2) is 8.10. The quantitative estimate of drug-likeness (QED) is 0.564. The Morgan fingerprint density at radius 1 is 1.22 bits per heavy atom. The number of nitrogens with zero attached hydrogens (tertiary/aromatic N) is 3. The van der Waals surface area contributed by atoms with Crippen LogP contribution in [0.15, 0.2) is 40.8 Å². The standard InChI is InChI=1S/C20H17Cl2N3O2/c1-11-13(7-8-17(23-3)18(11)22)10-16(12(2)26)20-25-24-19(27-20)14-5-4-6-15(21)9-14/h4-9,12,16,26H,10H2,1-2H3/t12-,16+/m0/s1. The minimum atomic E-state index is -0.712. The molecule has 0 aliphatic carbocycles. The summed E-state index contributed by atoms with van der Waals surface area (Å²) >= 11 is 12.3. The third kappa shape index (κ3) is 4.14. The van der Waals surface area contributed by atoms with E-state index in [4.69, 9.17) is 34.2 Å². The molecule has 7 heteroatoms. The number of rotatable bonds is 5. The molecule has 0 saturated heterocycles. The maximum absolute atomic E-state index is 10.3.